The third kappa shape index (κ3) is 4.37. The molecule has 0 spiro atoms. The standard InChI is InChI=1S/C16H23BrN4O2/c1-11(2)23-16(22)20-6-4-14(5-7-20)21-15(9-18)13(10-19-21)8-12(3)17/h8-11,14H,3-7,18H2,1-2H3/b13-8-,15-9+. The highest BCUT2D eigenvalue weighted by atomic mass is 79.9. The van der Waals surface area contributed by atoms with Crippen molar-refractivity contribution in [2.75, 3.05) is 13.1 Å². The van der Waals surface area contributed by atoms with E-state index in [0.29, 0.717) is 13.1 Å². The van der Waals surface area contributed by atoms with Gasteiger partial charge in [0.05, 0.1) is 23.7 Å². The Bertz CT molecular complexity index is 687. The van der Waals surface area contributed by atoms with E-state index in [-0.39, 0.29) is 18.2 Å². The molecule has 2 rings (SSSR count). The first-order chi connectivity index (χ1) is 10.9. The predicted octanol–water partition coefficient (Wildman–Crippen LogP) is 1.45. The molecule has 1 aromatic rings. The maximum Gasteiger partial charge on any atom is 0.410 e. The SMILES string of the molecule is C=C(Br)/C=c1/cnn(C2CCN(C(=O)OC(C)C)CC2)/c1=C/N. The number of carbonyl (C=O) groups is 1. The van der Waals surface area contributed by atoms with Gasteiger partial charge in [0.1, 0.15) is 0 Å². The summed E-state index contributed by atoms with van der Waals surface area (Å²) in [5, 5.41) is 6.26. The largest absolute Gasteiger partial charge is 0.447 e. The van der Waals surface area contributed by atoms with Crippen LogP contribution < -0.4 is 16.3 Å². The number of hydrogen-bond acceptors (Lipinski definition) is 4. The summed E-state index contributed by atoms with van der Waals surface area (Å²) < 4.78 is 7.95. The fourth-order valence-electron chi connectivity index (χ4n) is 2.70. The Morgan fingerprint density at radius 3 is 2.70 bits per heavy atom. The van der Waals surface area contributed by atoms with E-state index in [4.69, 9.17) is 10.5 Å². The monoisotopic (exact) mass is 382 g/mol. The average Bonchev–Trinajstić information content (AvgIpc) is 2.88. The molecule has 2 N–H and O–H groups in total. The first-order valence-corrected chi connectivity index (χ1v) is 8.48. The average molecular weight is 383 g/mol. The molecule has 1 aliphatic heterocycles. The molecule has 0 unspecified atom stereocenters. The van der Waals surface area contributed by atoms with Crippen LogP contribution in [-0.2, 0) is 4.74 Å². The Morgan fingerprint density at radius 2 is 2.17 bits per heavy atom. The first kappa shape index (κ1) is 17.6. The molecule has 1 saturated heterocycles. The third-order valence-electron chi connectivity index (χ3n) is 3.74. The van der Waals surface area contributed by atoms with E-state index in [1.54, 1.807) is 17.3 Å². The minimum absolute atomic E-state index is 0.0970. The Kier molecular flexibility index (Phi) is 5.87. The lowest BCUT2D eigenvalue weighted by Gasteiger charge is -2.32. The van der Waals surface area contributed by atoms with Crippen LogP contribution in [0.1, 0.15) is 32.7 Å². The molecular formula is C16H23BrN4O2. The number of ether oxygens (including phenoxy) is 1. The Labute approximate surface area is 144 Å². The number of allylic oxidation sites excluding steroid dienone is 1. The van der Waals surface area contributed by atoms with Crippen molar-refractivity contribution in [2.45, 2.75) is 38.8 Å². The van der Waals surface area contributed by atoms with Crippen LogP contribution >= 0.6 is 15.9 Å². The van der Waals surface area contributed by atoms with E-state index in [2.05, 4.69) is 27.6 Å². The number of aromatic nitrogens is 2. The van der Waals surface area contributed by atoms with Crippen LogP contribution in [0, 0.1) is 0 Å². The lowest BCUT2D eigenvalue weighted by molar-refractivity contribution is 0.0651. The van der Waals surface area contributed by atoms with Crippen molar-refractivity contribution < 1.29 is 9.53 Å². The fourth-order valence-corrected chi connectivity index (χ4v) is 2.94. The predicted molar refractivity (Wildman–Crippen MR) is 94.1 cm³/mol. The summed E-state index contributed by atoms with van der Waals surface area (Å²) in [5.74, 6) is 0. The van der Waals surface area contributed by atoms with Gasteiger partial charge < -0.3 is 15.4 Å². The van der Waals surface area contributed by atoms with E-state index in [0.717, 1.165) is 27.9 Å². The molecule has 0 aromatic carbocycles. The highest BCUT2D eigenvalue weighted by Crippen LogP contribution is 2.20. The second-order valence-electron chi connectivity index (χ2n) is 5.84. The van der Waals surface area contributed by atoms with Crippen molar-refractivity contribution in [3.05, 3.63) is 27.8 Å². The zero-order valence-corrected chi connectivity index (χ0v) is 15.1. The molecule has 1 aliphatic rings. The Hall–Kier alpha value is -1.76. The lowest BCUT2D eigenvalue weighted by atomic mass is 10.1. The Morgan fingerprint density at radius 1 is 1.52 bits per heavy atom. The van der Waals surface area contributed by atoms with Gasteiger partial charge in [-0.2, -0.15) is 5.10 Å². The number of nitrogens with zero attached hydrogens (tertiary/aromatic N) is 3. The van der Waals surface area contributed by atoms with Gasteiger partial charge in [0, 0.05) is 29.0 Å². The molecule has 126 valence electrons. The molecule has 2 heterocycles. The number of carbonyl (C=O) groups excluding carboxylic acids is 1. The number of amides is 1. The van der Waals surface area contributed by atoms with Crippen LogP contribution in [0.25, 0.3) is 12.3 Å². The first-order valence-electron chi connectivity index (χ1n) is 7.69. The molecule has 0 bridgehead atoms. The van der Waals surface area contributed by atoms with E-state index in [1.165, 1.54) is 0 Å². The highest BCUT2D eigenvalue weighted by molar-refractivity contribution is 9.12. The topological polar surface area (TPSA) is 73.4 Å². The number of hydrogen-bond donors (Lipinski definition) is 1. The quantitative estimate of drug-likeness (QED) is 0.858. The zero-order chi connectivity index (χ0) is 17.0. The highest BCUT2D eigenvalue weighted by Gasteiger charge is 2.26. The third-order valence-corrected chi connectivity index (χ3v) is 3.97. The molecular weight excluding hydrogens is 360 g/mol. The minimum Gasteiger partial charge on any atom is -0.447 e. The molecule has 1 fully saturated rings. The summed E-state index contributed by atoms with van der Waals surface area (Å²) >= 11 is 3.32. The molecule has 0 radical (unpaired) electrons. The summed E-state index contributed by atoms with van der Waals surface area (Å²) in [6.45, 7) is 8.84. The molecule has 0 aliphatic carbocycles. The number of likely N-dealkylation sites (tertiary alicyclic amines) is 1. The fraction of sp³-hybridized carbons (Fsp3) is 0.500. The van der Waals surface area contributed by atoms with E-state index in [1.807, 2.05) is 24.6 Å². The summed E-state index contributed by atoms with van der Waals surface area (Å²) in [5.41, 5.74) is 5.77. The van der Waals surface area contributed by atoms with Crippen molar-refractivity contribution in [3.63, 3.8) is 0 Å². The zero-order valence-electron chi connectivity index (χ0n) is 13.5. The van der Waals surface area contributed by atoms with Crippen molar-refractivity contribution in [3.8, 4) is 0 Å². The summed E-state index contributed by atoms with van der Waals surface area (Å²) in [6, 6.07) is 0.221. The number of halogens is 1. The molecule has 7 heteroatoms. The van der Waals surface area contributed by atoms with Crippen molar-refractivity contribution in [2.24, 2.45) is 5.73 Å². The smallest absolute Gasteiger partial charge is 0.410 e. The van der Waals surface area contributed by atoms with Gasteiger partial charge in [-0.25, -0.2) is 4.79 Å². The van der Waals surface area contributed by atoms with Crippen LogP contribution in [0.2, 0.25) is 0 Å². The summed E-state index contributed by atoms with van der Waals surface area (Å²) in [7, 11) is 0. The molecule has 0 saturated carbocycles. The van der Waals surface area contributed by atoms with Crippen LogP contribution in [0.4, 0.5) is 4.79 Å². The van der Waals surface area contributed by atoms with Gasteiger partial charge >= 0.3 is 6.09 Å². The van der Waals surface area contributed by atoms with Gasteiger partial charge in [0.25, 0.3) is 0 Å². The van der Waals surface area contributed by atoms with Crippen LogP contribution in [0.15, 0.2) is 17.3 Å². The molecule has 1 amide bonds. The van der Waals surface area contributed by atoms with Crippen LogP contribution in [-0.4, -0.2) is 40.0 Å². The van der Waals surface area contributed by atoms with Gasteiger partial charge in [-0.3, -0.25) is 4.68 Å². The number of piperidine rings is 1. The van der Waals surface area contributed by atoms with E-state index >= 15 is 0 Å². The summed E-state index contributed by atoms with van der Waals surface area (Å²) in [6.07, 6.45) is 6.54. The maximum atomic E-state index is 11.9. The second kappa shape index (κ2) is 7.68. The van der Waals surface area contributed by atoms with Crippen molar-refractivity contribution in [1.82, 2.24) is 14.7 Å². The molecule has 1 aromatic heterocycles. The molecule has 0 atom stereocenters. The van der Waals surface area contributed by atoms with Crippen molar-refractivity contribution in [1.29, 1.82) is 0 Å². The molecule has 6 nitrogen and oxygen atoms in total. The maximum absolute atomic E-state index is 11.9. The van der Waals surface area contributed by atoms with Crippen LogP contribution in [0.5, 0.6) is 0 Å². The van der Waals surface area contributed by atoms with E-state index < -0.39 is 0 Å². The van der Waals surface area contributed by atoms with E-state index in [9.17, 15) is 4.79 Å². The van der Waals surface area contributed by atoms with Gasteiger partial charge in [-0.1, -0.05) is 22.5 Å². The Balaban J connectivity index is 2.11. The number of rotatable bonds is 3. The lowest BCUT2D eigenvalue weighted by Crippen LogP contribution is -2.43. The number of nitrogens with two attached hydrogens (primary N) is 1. The minimum atomic E-state index is -0.242. The molecule has 23 heavy (non-hydrogen) atoms. The van der Waals surface area contributed by atoms with Gasteiger partial charge in [0.15, 0.2) is 0 Å². The van der Waals surface area contributed by atoms with Crippen LogP contribution in [0.3, 0.4) is 0 Å². The van der Waals surface area contributed by atoms with Gasteiger partial charge in [0.2, 0.25) is 0 Å². The van der Waals surface area contributed by atoms with Gasteiger partial charge in [-0.15, -0.1) is 0 Å². The normalized spacial score (nSPS) is 17.8. The second-order valence-corrected chi connectivity index (χ2v) is 6.86. The van der Waals surface area contributed by atoms with Gasteiger partial charge in [-0.05, 0) is 32.8 Å². The summed E-state index contributed by atoms with van der Waals surface area (Å²) in [4.78, 5) is 13.7. The van der Waals surface area contributed by atoms with Crippen molar-refractivity contribution >= 4 is 34.3 Å².